The monoisotopic (exact) mass is 322 g/mol. The minimum absolute atomic E-state index is 0.149. The smallest absolute Gasteiger partial charge is 0.216 e. The third kappa shape index (κ3) is 4.52. The van der Waals surface area contributed by atoms with Crippen molar-refractivity contribution in [1.82, 2.24) is 25.8 Å². The summed E-state index contributed by atoms with van der Waals surface area (Å²) in [5.41, 5.74) is 0. The molecule has 0 aliphatic carbocycles. The number of hydrogen-bond acceptors (Lipinski definition) is 5. The van der Waals surface area contributed by atoms with Gasteiger partial charge >= 0.3 is 0 Å². The van der Waals surface area contributed by atoms with E-state index in [1.165, 1.54) is 0 Å². The van der Waals surface area contributed by atoms with Crippen LogP contribution < -0.4 is 10.6 Å². The lowest BCUT2D eigenvalue weighted by atomic mass is 10.2. The molecule has 8 heteroatoms. The predicted molar refractivity (Wildman–Crippen MR) is 89.9 cm³/mol. The zero-order chi connectivity index (χ0) is 16.0. The van der Waals surface area contributed by atoms with Crippen LogP contribution in [0.5, 0.6) is 0 Å². The number of aromatic nitrogens is 3. The van der Waals surface area contributed by atoms with Gasteiger partial charge in [-0.2, -0.15) is 11.8 Å². The van der Waals surface area contributed by atoms with Gasteiger partial charge in [-0.05, 0) is 32.2 Å². The standard InChI is InChI=1S/C14H22N6OS/c1-14(2,22-4)9-17-13(15-3)16-8-11-18-12(20-19-11)10-6-5-7-21-10/h5-7H,8-9H2,1-4H3,(H2,15,16,17)(H,18,19,20). The highest BCUT2D eigenvalue weighted by Gasteiger charge is 2.16. The highest BCUT2D eigenvalue weighted by molar-refractivity contribution is 7.99. The molecule has 0 bridgehead atoms. The first kappa shape index (κ1) is 16.4. The molecule has 0 unspecified atom stereocenters. The van der Waals surface area contributed by atoms with E-state index in [1.807, 2.05) is 23.9 Å². The summed E-state index contributed by atoms with van der Waals surface area (Å²) in [4.78, 5) is 8.58. The molecule has 7 nitrogen and oxygen atoms in total. The average molecular weight is 322 g/mol. The molecule has 2 rings (SSSR count). The minimum Gasteiger partial charge on any atom is -0.461 e. The molecule has 0 fully saturated rings. The van der Waals surface area contributed by atoms with Crippen LogP contribution in [0, 0.1) is 0 Å². The van der Waals surface area contributed by atoms with Crippen molar-refractivity contribution in [2.24, 2.45) is 4.99 Å². The first-order chi connectivity index (χ1) is 10.5. The van der Waals surface area contributed by atoms with E-state index in [1.54, 1.807) is 13.3 Å². The molecule has 0 amide bonds. The number of hydrogen-bond donors (Lipinski definition) is 3. The van der Waals surface area contributed by atoms with Crippen LogP contribution in [0.2, 0.25) is 0 Å². The molecule has 3 N–H and O–H groups in total. The summed E-state index contributed by atoms with van der Waals surface area (Å²) >= 11 is 1.81. The first-order valence-electron chi connectivity index (χ1n) is 6.99. The van der Waals surface area contributed by atoms with Crippen molar-refractivity contribution in [3.05, 3.63) is 24.2 Å². The van der Waals surface area contributed by atoms with Crippen LogP contribution in [-0.4, -0.2) is 45.7 Å². The summed E-state index contributed by atoms with van der Waals surface area (Å²) in [5, 5.41) is 13.5. The lowest BCUT2D eigenvalue weighted by Crippen LogP contribution is -2.43. The topological polar surface area (TPSA) is 91.1 Å². The number of furan rings is 1. The molecule has 0 aliphatic heterocycles. The Balaban J connectivity index is 1.86. The van der Waals surface area contributed by atoms with Gasteiger partial charge in [0.15, 0.2) is 11.7 Å². The summed E-state index contributed by atoms with van der Waals surface area (Å²) in [7, 11) is 1.75. The minimum atomic E-state index is 0.149. The largest absolute Gasteiger partial charge is 0.461 e. The molecule has 0 spiro atoms. The highest BCUT2D eigenvalue weighted by Crippen LogP contribution is 2.19. The molecule has 0 atom stereocenters. The summed E-state index contributed by atoms with van der Waals surface area (Å²) in [6.45, 7) is 5.70. The zero-order valence-electron chi connectivity index (χ0n) is 13.3. The zero-order valence-corrected chi connectivity index (χ0v) is 14.1. The van der Waals surface area contributed by atoms with Crippen molar-refractivity contribution in [3.8, 4) is 11.6 Å². The van der Waals surface area contributed by atoms with E-state index < -0.39 is 0 Å². The molecule has 0 saturated heterocycles. The van der Waals surface area contributed by atoms with Crippen LogP contribution in [0.3, 0.4) is 0 Å². The molecule has 0 saturated carbocycles. The average Bonchev–Trinajstić information content (AvgIpc) is 3.18. The van der Waals surface area contributed by atoms with Crippen molar-refractivity contribution in [1.29, 1.82) is 0 Å². The molecule has 2 aromatic heterocycles. The van der Waals surface area contributed by atoms with Gasteiger partial charge < -0.3 is 15.1 Å². The van der Waals surface area contributed by atoms with Crippen molar-refractivity contribution in [2.75, 3.05) is 19.8 Å². The van der Waals surface area contributed by atoms with Crippen LogP contribution in [0.25, 0.3) is 11.6 Å². The number of aliphatic imine (C=N–C) groups is 1. The van der Waals surface area contributed by atoms with Gasteiger partial charge in [-0.3, -0.25) is 10.1 Å². The molecular formula is C14H22N6OS. The molecule has 2 aromatic rings. The summed E-state index contributed by atoms with van der Waals surface area (Å²) < 4.78 is 5.41. The van der Waals surface area contributed by atoms with Gasteiger partial charge in [0, 0.05) is 18.3 Å². The second-order valence-corrected chi connectivity index (χ2v) is 6.84. The second kappa shape index (κ2) is 7.35. The Labute approximate surface area is 134 Å². The number of thioether (sulfide) groups is 1. The molecule has 0 radical (unpaired) electrons. The quantitative estimate of drug-likeness (QED) is 0.555. The van der Waals surface area contributed by atoms with E-state index in [9.17, 15) is 0 Å². The number of rotatable bonds is 6. The van der Waals surface area contributed by atoms with Crippen LogP contribution in [-0.2, 0) is 6.54 Å². The Morgan fingerprint density at radius 1 is 1.45 bits per heavy atom. The van der Waals surface area contributed by atoms with Crippen LogP contribution in [0.15, 0.2) is 27.8 Å². The summed E-state index contributed by atoms with van der Waals surface area (Å²) in [6.07, 6.45) is 3.70. The second-order valence-electron chi connectivity index (χ2n) is 5.33. The van der Waals surface area contributed by atoms with E-state index in [4.69, 9.17) is 4.42 Å². The van der Waals surface area contributed by atoms with Gasteiger partial charge in [0.05, 0.1) is 12.8 Å². The van der Waals surface area contributed by atoms with Gasteiger partial charge in [0.25, 0.3) is 0 Å². The number of nitrogens with one attached hydrogen (secondary N) is 3. The van der Waals surface area contributed by atoms with E-state index in [0.29, 0.717) is 18.1 Å². The van der Waals surface area contributed by atoms with Crippen LogP contribution >= 0.6 is 11.8 Å². The van der Waals surface area contributed by atoms with Gasteiger partial charge in [0.2, 0.25) is 5.82 Å². The first-order valence-corrected chi connectivity index (χ1v) is 8.21. The number of aromatic amines is 1. The number of nitrogens with zero attached hydrogens (tertiary/aromatic N) is 3. The Kier molecular flexibility index (Phi) is 5.48. The fourth-order valence-electron chi connectivity index (χ4n) is 1.65. The van der Waals surface area contributed by atoms with Crippen molar-refractivity contribution >= 4 is 17.7 Å². The Morgan fingerprint density at radius 2 is 2.27 bits per heavy atom. The molecular weight excluding hydrogens is 300 g/mol. The van der Waals surface area contributed by atoms with E-state index in [2.05, 4.69) is 50.9 Å². The van der Waals surface area contributed by atoms with E-state index in [0.717, 1.165) is 18.3 Å². The Hall–Kier alpha value is -1.96. The maximum atomic E-state index is 5.26. The maximum absolute atomic E-state index is 5.26. The lowest BCUT2D eigenvalue weighted by Gasteiger charge is -2.23. The third-order valence-corrected chi connectivity index (χ3v) is 4.40. The normalized spacial score (nSPS) is 12.5. The third-order valence-electron chi connectivity index (χ3n) is 3.15. The van der Waals surface area contributed by atoms with Gasteiger partial charge in [-0.15, -0.1) is 5.10 Å². The SMILES string of the molecule is CN=C(NCc1nc(-c2ccco2)n[nH]1)NCC(C)(C)SC. The van der Waals surface area contributed by atoms with Crippen LogP contribution in [0.1, 0.15) is 19.7 Å². The van der Waals surface area contributed by atoms with Gasteiger partial charge in [-0.1, -0.05) is 0 Å². The lowest BCUT2D eigenvalue weighted by molar-refractivity contribution is 0.577. The molecule has 22 heavy (non-hydrogen) atoms. The van der Waals surface area contributed by atoms with Crippen molar-refractivity contribution in [2.45, 2.75) is 25.1 Å². The van der Waals surface area contributed by atoms with Gasteiger partial charge in [-0.25, -0.2) is 4.98 Å². The van der Waals surface area contributed by atoms with E-state index in [-0.39, 0.29) is 4.75 Å². The van der Waals surface area contributed by atoms with E-state index >= 15 is 0 Å². The fraction of sp³-hybridized carbons (Fsp3) is 0.500. The van der Waals surface area contributed by atoms with Crippen LogP contribution in [0.4, 0.5) is 0 Å². The Bertz CT molecular complexity index is 605. The molecule has 120 valence electrons. The van der Waals surface area contributed by atoms with Crippen molar-refractivity contribution in [3.63, 3.8) is 0 Å². The number of guanidine groups is 1. The molecule has 0 aliphatic rings. The predicted octanol–water partition coefficient (Wildman–Crippen LogP) is 1.87. The molecule has 2 heterocycles. The fourth-order valence-corrected chi connectivity index (χ4v) is 1.86. The van der Waals surface area contributed by atoms with Crippen molar-refractivity contribution < 1.29 is 4.42 Å². The van der Waals surface area contributed by atoms with Gasteiger partial charge in [0.1, 0.15) is 5.82 Å². The molecule has 0 aromatic carbocycles. The summed E-state index contributed by atoms with van der Waals surface area (Å²) in [6, 6.07) is 3.63. The number of H-pyrrole nitrogens is 1. The Morgan fingerprint density at radius 3 is 2.91 bits per heavy atom. The maximum Gasteiger partial charge on any atom is 0.216 e. The summed E-state index contributed by atoms with van der Waals surface area (Å²) in [5.74, 6) is 2.65. The highest BCUT2D eigenvalue weighted by atomic mass is 32.2.